The molecule has 120 valence electrons. The molecule has 2 aromatic rings. The molecule has 2 amide bonds. The Balaban J connectivity index is 1.96. The van der Waals surface area contributed by atoms with Crippen LogP contribution in [0.4, 0.5) is 16.2 Å². The molecule has 1 aliphatic rings. The van der Waals surface area contributed by atoms with Gasteiger partial charge < -0.3 is 0 Å². The third-order valence-corrected chi connectivity index (χ3v) is 4.40. The molecule has 1 aliphatic heterocycles. The molecule has 1 fully saturated rings. The number of imide groups is 1. The number of para-hydroxylation sites is 1. The first-order valence-electron chi connectivity index (χ1n) is 7.05. The molecule has 7 heteroatoms. The molecule has 0 bridgehead atoms. The molecule has 2 aromatic carbocycles. The van der Waals surface area contributed by atoms with Crippen LogP contribution >= 0.6 is 11.8 Å². The molecule has 3 rings (SSSR count). The number of nitrogens with zero attached hydrogens (tertiary/aromatic N) is 2. The lowest BCUT2D eigenvalue weighted by Crippen LogP contribution is -2.28. The minimum Gasteiger partial charge on any atom is -0.268 e. The van der Waals surface area contributed by atoms with Crippen LogP contribution in [0.5, 0.6) is 0 Å². The van der Waals surface area contributed by atoms with Crippen LogP contribution in [0.2, 0.25) is 0 Å². The average Bonchev–Trinajstić information content (AvgIpc) is 2.82. The lowest BCUT2D eigenvalue weighted by molar-refractivity contribution is -0.384. The highest BCUT2D eigenvalue weighted by Gasteiger charge is 2.36. The fourth-order valence-corrected chi connectivity index (χ4v) is 3.20. The summed E-state index contributed by atoms with van der Waals surface area (Å²) in [6.07, 6.45) is 1.50. The number of benzene rings is 2. The molecular formula is C17H12N2O4S. The number of hydrogen-bond acceptors (Lipinski definition) is 5. The Morgan fingerprint density at radius 3 is 2.58 bits per heavy atom. The van der Waals surface area contributed by atoms with Crippen LogP contribution < -0.4 is 4.90 Å². The third-order valence-electron chi connectivity index (χ3n) is 3.53. The van der Waals surface area contributed by atoms with Gasteiger partial charge in [0.05, 0.1) is 15.5 Å². The summed E-state index contributed by atoms with van der Waals surface area (Å²) in [5.41, 5.74) is 1.79. The molecule has 24 heavy (non-hydrogen) atoms. The first-order chi connectivity index (χ1) is 11.5. The minimum absolute atomic E-state index is 0.0677. The number of nitro benzene ring substituents is 1. The Morgan fingerprint density at radius 2 is 1.88 bits per heavy atom. The van der Waals surface area contributed by atoms with Gasteiger partial charge in [-0.2, -0.15) is 0 Å². The van der Waals surface area contributed by atoms with Crippen molar-refractivity contribution in [3.05, 3.63) is 74.7 Å². The maximum atomic E-state index is 12.6. The van der Waals surface area contributed by atoms with Crippen molar-refractivity contribution in [1.29, 1.82) is 0 Å². The fraction of sp³-hybridized carbons (Fsp3) is 0.0588. The summed E-state index contributed by atoms with van der Waals surface area (Å²) < 4.78 is 0. The Bertz CT molecular complexity index is 892. The van der Waals surface area contributed by atoms with Gasteiger partial charge in [0.25, 0.3) is 16.8 Å². The van der Waals surface area contributed by atoms with Crippen molar-refractivity contribution in [2.24, 2.45) is 0 Å². The Hall–Kier alpha value is -2.93. The normalized spacial score (nSPS) is 16.0. The maximum Gasteiger partial charge on any atom is 0.298 e. The second-order valence-electron chi connectivity index (χ2n) is 5.16. The highest BCUT2D eigenvalue weighted by molar-refractivity contribution is 8.19. The highest BCUT2D eigenvalue weighted by atomic mass is 32.2. The van der Waals surface area contributed by atoms with Crippen LogP contribution in [0.1, 0.15) is 11.1 Å². The van der Waals surface area contributed by atoms with E-state index in [0.29, 0.717) is 11.3 Å². The van der Waals surface area contributed by atoms with Crippen LogP contribution in [-0.4, -0.2) is 16.1 Å². The van der Waals surface area contributed by atoms with E-state index in [4.69, 9.17) is 0 Å². The largest absolute Gasteiger partial charge is 0.298 e. The monoisotopic (exact) mass is 340 g/mol. The van der Waals surface area contributed by atoms with E-state index in [2.05, 4.69) is 0 Å². The molecule has 0 aliphatic carbocycles. The number of carbonyl (C=O) groups excluding carboxylic acids is 2. The lowest BCUT2D eigenvalue weighted by atomic mass is 10.1. The first-order valence-corrected chi connectivity index (χ1v) is 7.87. The second kappa shape index (κ2) is 6.29. The van der Waals surface area contributed by atoms with Crippen LogP contribution in [-0.2, 0) is 4.79 Å². The molecule has 0 unspecified atom stereocenters. The quantitative estimate of drug-likeness (QED) is 0.476. The standard InChI is InChI=1S/C17H12N2O4S/c1-11-5-2-3-8-14(11)18-16(20)15(24-17(18)21)10-12-6-4-7-13(9-12)19(22)23/h2-10H,1H3/b15-10+. The van der Waals surface area contributed by atoms with Gasteiger partial charge in [-0.15, -0.1) is 0 Å². The molecule has 0 aromatic heterocycles. The summed E-state index contributed by atoms with van der Waals surface area (Å²) in [4.78, 5) is 36.5. The number of rotatable bonds is 3. The van der Waals surface area contributed by atoms with Gasteiger partial charge in [-0.3, -0.25) is 19.7 Å². The molecule has 0 saturated carbocycles. The van der Waals surface area contributed by atoms with Gasteiger partial charge in [-0.1, -0.05) is 30.3 Å². The number of anilines is 1. The van der Waals surface area contributed by atoms with E-state index in [0.717, 1.165) is 22.2 Å². The Morgan fingerprint density at radius 1 is 1.12 bits per heavy atom. The van der Waals surface area contributed by atoms with Crippen molar-refractivity contribution in [3.63, 3.8) is 0 Å². The van der Waals surface area contributed by atoms with E-state index >= 15 is 0 Å². The van der Waals surface area contributed by atoms with Crippen molar-refractivity contribution in [1.82, 2.24) is 0 Å². The Labute approximate surface area is 141 Å². The summed E-state index contributed by atoms with van der Waals surface area (Å²) >= 11 is 0.823. The summed E-state index contributed by atoms with van der Waals surface area (Å²) in [6, 6.07) is 13.0. The number of nitro groups is 1. The number of hydrogen-bond donors (Lipinski definition) is 0. The summed E-state index contributed by atoms with van der Waals surface area (Å²) in [6.45, 7) is 1.82. The topological polar surface area (TPSA) is 80.5 Å². The lowest BCUT2D eigenvalue weighted by Gasteiger charge is -2.14. The van der Waals surface area contributed by atoms with E-state index in [1.54, 1.807) is 18.2 Å². The van der Waals surface area contributed by atoms with Gasteiger partial charge in [0, 0.05) is 12.1 Å². The average molecular weight is 340 g/mol. The molecule has 0 N–H and O–H groups in total. The third kappa shape index (κ3) is 2.93. The number of aryl methyl sites for hydroxylation is 1. The molecule has 0 radical (unpaired) electrons. The zero-order valence-electron chi connectivity index (χ0n) is 12.6. The van der Waals surface area contributed by atoms with Gasteiger partial charge >= 0.3 is 0 Å². The van der Waals surface area contributed by atoms with Gasteiger partial charge in [0.2, 0.25) is 0 Å². The van der Waals surface area contributed by atoms with Crippen molar-refractivity contribution >= 4 is 40.4 Å². The van der Waals surface area contributed by atoms with Crippen LogP contribution in [0.3, 0.4) is 0 Å². The molecule has 0 spiro atoms. The fourth-order valence-electron chi connectivity index (χ4n) is 2.37. The summed E-state index contributed by atoms with van der Waals surface area (Å²) in [7, 11) is 0. The molecular weight excluding hydrogens is 328 g/mol. The number of non-ortho nitro benzene ring substituents is 1. The highest BCUT2D eigenvalue weighted by Crippen LogP contribution is 2.37. The van der Waals surface area contributed by atoms with Crippen LogP contribution in [0.15, 0.2) is 53.4 Å². The SMILES string of the molecule is Cc1ccccc1N1C(=O)S/C(=C/c2cccc([N+](=O)[O-])c2)C1=O. The van der Waals surface area contributed by atoms with E-state index in [1.165, 1.54) is 24.3 Å². The van der Waals surface area contributed by atoms with E-state index in [1.807, 2.05) is 19.1 Å². The molecule has 6 nitrogen and oxygen atoms in total. The van der Waals surface area contributed by atoms with Gasteiger partial charge in [-0.25, -0.2) is 4.90 Å². The number of amides is 2. The number of carbonyl (C=O) groups is 2. The van der Waals surface area contributed by atoms with Crippen molar-refractivity contribution in [3.8, 4) is 0 Å². The first kappa shape index (κ1) is 15.9. The maximum absolute atomic E-state index is 12.6. The minimum atomic E-state index is -0.504. The zero-order chi connectivity index (χ0) is 17.3. The summed E-state index contributed by atoms with van der Waals surface area (Å²) in [5.74, 6) is -0.425. The van der Waals surface area contributed by atoms with Crippen LogP contribution in [0.25, 0.3) is 6.08 Å². The molecule has 1 saturated heterocycles. The predicted molar refractivity (Wildman–Crippen MR) is 92.7 cm³/mol. The van der Waals surface area contributed by atoms with Gasteiger partial charge in [-0.05, 0) is 42.0 Å². The van der Waals surface area contributed by atoms with Crippen molar-refractivity contribution in [2.45, 2.75) is 6.92 Å². The van der Waals surface area contributed by atoms with Gasteiger partial charge in [0.15, 0.2) is 0 Å². The summed E-state index contributed by atoms with van der Waals surface area (Å²) in [5, 5.41) is 10.4. The Kier molecular flexibility index (Phi) is 4.18. The van der Waals surface area contributed by atoms with Gasteiger partial charge in [0.1, 0.15) is 0 Å². The zero-order valence-corrected chi connectivity index (χ0v) is 13.4. The van der Waals surface area contributed by atoms with Crippen LogP contribution in [0, 0.1) is 17.0 Å². The smallest absolute Gasteiger partial charge is 0.268 e. The van der Waals surface area contributed by atoms with E-state index < -0.39 is 10.8 Å². The number of thioether (sulfide) groups is 1. The second-order valence-corrected chi connectivity index (χ2v) is 6.15. The predicted octanol–water partition coefficient (Wildman–Crippen LogP) is 4.14. The molecule has 0 atom stereocenters. The van der Waals surface area contributed by atoms with E-state index in [-0.39, 0.29) is 15.8 Å². The van der Waals surface area contributed by atoms with Crippen molar-refractivity contribution < 1.29 is 14.5 Å². The molecule has 1 heterocycles. The van der Waals surface area contributed by atoms with E-state index in [9.17, 15) is 19.7 Å². The van der Waals surface area contributed by atoms with Crippen molar-refractivity contribution in [2.75, 3.05) is 4.90 Å².